The molecule has 0 aromatic heterocycles. The summed E-state index contributed by atoms with van der Waals surface area (Å²) in [6.45, 7) is 0.530. The zero-order chi connectivity index (χ0) is 14.8. The van der Waals surface area contributed by atoms with Gasteiger partial charge in [0.1, 0.15) is 17.3 Å². The summed E-state index contributed by atoms with van der Waals surface area (Å²) in [6.07, 6.45) is 0.860. The van der Waals surface area contributed by atoms with Crippen molar-refractivity contribution in [1.82, 2.24) is 0 Å². The first-order chi connectivity index (χ1) is 10.1. The number of halogens is 2. The van der Waals surface area contributed by atoms with Gasteiger partial charge in [-0.25, -0.2) is 4.39 Å². The summed E-state index contributed by atoms with van der Waals surface area (Å²) in [4.78, 5) is 12.5. The lowest BCUT2D eigenvalue weighted by molar-refractivity contribution is -0.120. The zero-order valence-electron chi connectivity index (χ0n) is 11.3. The minimum Gasteiger partial charge on any atom is -0.493 e. The monoisotopic (exact) mass is 304 g/mol. The number of ketones is 1. The Hall–Kier alpha value is -1.87. The molecule has 2 nitrogen and oxygen atoms in total. The highest BCUT2D eigenvalue weighted by Gasteiger charge is 2.27. The van der Waals surface area contributed by atoms with Crippen molar-refractivity contribution < 1.29 is 13.9 Å². The molecule has 0 radical (unpaired) electrons. The van der Waals surface area contributed by atoms with Gasteiger partial charge >= 0.3 is 0 Å². The van der Waals surface area contributed by atoms with E-state index in [1.54, 1.807) is 6.07 Å². The highest BCUT2D eigenvalue weighted by Crippen LogP contribution is 2.34. The van der Waals surface area contributed by atoms with Crippen molar-refractivity contribution >= 4 is 17.4 Å². The van der Waals surface area contributed by atoms with E-state index in [-0.39, 0.29) is 23.1 Å². The molecular weight excluding hydrogens is 291 g/mol. The van der Waals surface area contributed by atoms with Gasteiger partial charge in [-0.2, -0.15) is 0 Å². The quantitative estimate of drug-likeness (QED) is 0.851. The number of para-hydroxylation sites is 1. The predicted molar refractivity (Wildman–Crippen MR) is 79.4 cm³/mol. The molecule has 21 heavy (non-hydrogen) atoms. The topological polar surface area (TPSA) is 26.3 Å². The van der Waals surface area contributed by atoms with E-state index >= 15 is 0 Å². The SMILES string of the molecule is O=C(Cc1ccc(Cl)c(F)c1)C1CCOc2ccccc21. The van der Waals surface area contributed by atoms with Gasteiger partial charge in [-0.3, -0.25) is 4.79 Å². The van der Waals surface area contributed by atoms with Gasteiger partial charge in [-0.05, 0) is 30.2 Å². The van der Waals surface area contributed by atoms with Crippen LogP contribution >= 0.6 is 11.6 Å². The van der Waals surface area contributed by atoms with E-state index in [4.69, 9.17) is 16.3 Å². The lowest BCUT2D eigenvalue weighted by atomic mass is 9.87. The molecule has 2 aromatic carbocycles. The smallest absolute Gasteiger partial charge is 0.144 e. The van der Waals surface area contributed by atoms with Crippen LogP contribution in [0.25, 0.3) is 0 Å². The average molecular weight is 305 g/mol. The number of carbonyl (C=O) groups excluding carboxylic acids is 1. The molecule has 0 amide bonds. The second-order valence-electron chi connectivity index (χ2n) is 5.12. The van der Waals surface area contributed by atoms with Crippen molar-refractivity contribution in [3.8, 4) is 5.75 Å². The molecule has 0 saturated heterocycles. The molecule has 4 heteroatoms. The molecule has 0 bridgehead atoms. The van der Waals surface area contributed by atoms with E-state index < -0.39 is 5.82 Å². The first-order valence-corrected chi connectivity index (χ1v) is 7.21. The van der Waals surface area contributed by atoms with Crippen LogP contribution in [-0.2, 0) is 11.2 Å². The second kappa shape index (κ2) is 5.86. The Morgan fingerprint density at radius 2 is 2.10 bits per heavy atom. The predicted octanol–water partition coefficient (Wildman–Crippen LogP) is 4.16. The molecule has 0 fully saturated rings. The maximum absolute atomic E-state index is 13.4. The molecule has 1 unspecified atom stereocenters. The third kappa shape index (κ3) is 2.93. The van der Waals surface area contributed by atoms with E-state index in [2.05, 4.69) is 0 Å². The summed E-state index contributed by atoms with van der Waals surface area (Å²) in [5.41, 5.74) is 1.56. The van der Waals surface area contributed by atoms with Crippen LogP contribution in [-0.4, -0.2) is 12.4 Å². The van der Waals surface area contributed by atoms with Crippen molar-refractivity contribution in [1.29, 1.82) is 0 Å². The Labute approximate surface area is 127 Å². The highest BCUT2D eigenvalue weighted by atomic mass is 35.5. The van der Waals surface area contributed by atoms with Crippen molar-refractivity contribution in [2.75, 3.05) is 6.61 Å². The van der Waals surface area contributed by atoms with E-state index in [0.717, 1.165) is 11.3 Å². The van der Waals surface area contributed by atoms with Gasteiger partial charge in [0.25, 0.3) is 0 Å². The number of hydrogen-bond acceptors (Lipinski definition) is 2. The van der Waals surface area contributed by atoms with Crippen LogP contribution in [0.4, 0.5) is 4.39 Å². The second-order valence-corrected chi connectivity index (χ2v) is 5.53. The minimum absolute atomic E-state index is 0.0719. The van der Waals surface area contributed by atoms with Gasteiger partial charge in [0.2, 0.25) is 0 Å². The van der Waals surface area contributed by atoms with Gasteiger partial charge in [-0.1, -0.05) is 35.9 Å². The van der Waals surface area contributed by atoms with Gasteiger partial charge < -0.3 is 4.74 Å². The lowest BCUT2D eigenvalue weighted by Crippen LogP contribution is -2.22. The van der Waals surface area contributed by atoms with Gasteiger partial charge in [0.05, 0.1) is 11.6 Å². The molecule has 1 aliphatic rings. The van der Waals surface area contributed by atoms with Crippen LogP contribution in [0.3, 0.4) is 0 Å². The standard InChI is InChI=1S/C17H14ClFO2/c18-14-6-5-11(9-15(14)19)10-16(20)12-7-8-21-17-4-2-1-3-13(12)17/h1-6,9,12H,7-8,10H2. The number of carbonyl (C=O) groups is 1. The maximum atomic E-state index is 13.4. The zero-order valence-corrected chi connectivity index (χ0v) is 12.1. The molecule has 1 aliphatic heterocycles. The van der Waals surface area contributed by atoms with E-state index in [9.17, 15) is 9.18 Å². The summed E-state index contributed by atoms with van der Waals surface area (Å²) >= 11 is 5.66. The number of benzene rings is 2. The fourth-order valence-electron chi connectivity index (χ4n) is 2.65. The molecule has 2 aromatic rings. The van der Waals surface area contributed by atoms with E-state index in [1.807, 2.05) is 24.3 Å². The normalized spacial score (nSPS) is 17.0. The Bertz CT molecular complexity index is 684. The first-order valence-electron chi connectivity index (χ1n) is 6.83. The number of hydrogen-bond donors (Lipinski definition) is 0. The Kier molecular flexibility index (Phi) is 3.93. The maximum Gasteiger partial charge on any atom is 0.144 e. The molecule has 1 heterocycles. The van der Waals surface area contributed by atoms with Crippen LogP contribution in [0.5, 0.6) is 5.75 Å². The number of rotatable bonds is 3. The van der Waals surface area contributed by atoms with E-state index in [1.165, 1.54) is 12.1 Å². The summed E-state index contributed by atoms with van der Waals surface area (Å²) in [7, 11) is 0. The third-order valence-electron chi connectivity index (χ3n) is 3.71. The average Bonchev–Trinajstić information content (AvgIpc) is 2.50. The largest absolute Gasteiger partial charge is 0.493 e. The Morgan fingerprint density at radius 1 is 1.29 bits per heavy atom. The Balaban J connectivity index is 1.81. The third-order valence-corrected chi connectivity index (χ3v) is 4.02. The summed E-state index contributed by atoms with van der Waals surface area (Å²) in [5.74, 6) is 0.167. The molecule has 3 rings (SSSR count). The van der Waals surface area contributed by atoms with E-state index in [0.29, 0.717) is 18.6 Å². The Morgan fingerprint density at radius 3 is 2.90 bits per heavy atom. The van der Waals surface area contributed by atoms with Crippen molar-refractivity contribution in [2.24, 2.45) is 0 Å². The molecular formula is C17H14ClFO2. The van der Waals surface area contributed by atoms with Crippen molar-refractivity contribution in [3.05, 3.63) is 64.4 Å². The lowest BCUT2D eigenvalue weighted by Gasteiger charge is -2.24. The van der Waals surface area contributed by atoms with Gasteiger partial charge in [0.15, 0.2) is 0 Å². The molecule has 1 atom stereocenters. The van der Waals surface area contributed by atoms with Crippen LogP contribution in [0.15, 0.2) is 42.5 Å². The molecule has 0 saturated carbocycles. The molecule has 0 spiro atoms. The van der Waals surface area contributed by atoms with Crippen LogP contribution in [0.2, 0.25) is 5.02 Å². The van der Waals surface area contributed by atoms with Crippen molar-refractivity contribution in [2.45, 2.75) is 18.8 Å². The molecule has 0 N–H and O–H groups in total. The fraction of sp³-hybridized carbons (Fsp3) is 0.235. The molecule has 0 aliphatic carbocycles. The van der Waals surface area contributed by atoms with Gasteiger partial charge in [0, 0.05) is 17.9 Å². The van der Waals surface area contributed by atoms with Gasteiger partial charge in [-0.15, -0.1) is 0 Å². The summed E-state index contributed by atoms with van der Waals surface area (Å²) < 4.78 is 19.0. The fourth-order valence-corrected chi connectivity index (χ4v) is 2.77. The number of fused-ring (bicyclic) bond motifs is 1. The molecule has 108 valence electrons. The van der Waals surface area contributed by atoms with Crippen molar-refractivity contribution in [3.63, 3.8) is 0 Å². The first kappa shape index (κ1) is 14.1. The number of ether oxygens (including phenoxy) is 1. The minimum atomic E-state index is -0.491. The number of Topliss-reactive ketones (excluding diaryl/α,β-unsaturated/α-hetero) is 1. The summed E-state index contributed by atoms with van der Waals surface area (Å²) in [5, 5.41) is 0.0719. The summed E-state index contributed by atoms with van der Waals surface area (Å²) in [6, 6.07) is 12.1. The van der Waals surface area contributed by atoms with Crippen LogP contribution in [0.1, 0.15) is 23.5 Å². The van der Waals surface area contributed by atoms with Crippen LogP contribution < -0.4 is 4.74 Å². The van der Waals surface area contributed by atoms with Crippen LogP contribution in [0, 0.1) is 5.82 Å². The highest BCUT2D eigenvalue weighted by molar-refractivity contribution is 6.30.